The van der Waals surface area contributed by atoms with Gasteiger partial charge in [-0.2, -0.15) is 0 Å². The maximum Gasteiger partial charge on any atom is 0.235 e. The molecular weight excluding hydrogens is 590 g/mol. The van der Waals surface area contributed by atoms with Gasteiger partial charge in [-0.15, -0.1) is 0 Å². The van der Waals surface area contributed by atoms with Gasteiger partial charge in [0.15, 0.2) is 0 Å². The Morgan fingerprint density at radius 2 is 1.33 bits per heavy atom. The minimum atomic E-state index is -0.280. The Hall–Kier alpha value is -5.87. The summed E-state index contributed by atoms with van der Waals surface area (Å²) in [4.78, 5) is 10.9. The Labute approximate surface area is 278 Å². The second kappa shape index (κ2) is 10.3. The maximum absolute atomic E-state index is 14.2. The Morgan fingerprint density at radius 3 is 2.08 bits per heavy atom. The number of aromatic nitrogens is 3. The van der Waals surface area contributed by atoms with Crippen molar-refractivity contribution in [2.24, 2.45) is 0 Å². The van der Waals surface area contributed by atoms with Gasteiger partial charge in [0.25, 0.3) is 0 Å². The lowest BCUT2D eigenvalue weighted by Crippen LogP contribution is -2.15. The second-order valence-electron chi connectivity index (χ2n) is 13.2. The lowest BCUT2D eigenvalue weighted by molar-refractivity contribution is 0.628. The third kappa shape index (κ3) is 3.92. The first-order valence-electron chi connectivity index (χ1n) is 16.3. The van der Waals surface area contributed by atoms with Crippen molar-refractivity contribution in [2.75, 3.05) is 0 Å². The largest absolute Gasteiger partial charge is 0.277 e. The predicted octanol–water partition coefficient (Wildman–Crippen LogP) is 11.6. The third-order valence-electron chi connectivity index (χ3n) is 10.4. The molecule has 0 N–H and O–H groups in total. The van der Waals surface area contributed by atoms with E-state index in [1.54, 1.807) is 0 Å². The van der Waals surface area contributed by atoms with Crippen LogP contribution in [-0.2, 0) is 5.41 Å². The number of benzene rings is 6. The summed E-state index contributed by atoms with van der Waals surface area (Å²) in [5, 5.41) is 7.64. The highest BCUT2D eigenvalue weighted by atomic mass is 19.1. The fourth-order valence-corrected chi connectivity index (χ4v) is 7.74. The molecule has 8 aromatic rings. The molecule has 230 valence electrons. The van der Waals surface area contributed by atoms with E-state index in [1.807, 2.05) is 30.4 Å². The molecule has 2 heterocycles. The molecule has 0 fully saturated rings. The number of hydrogen-bond donors (Lipinski definition) is 0. The molecule has 1 aliphatic rings. The molecule has 6 aromatic carbocycles. The summed E-state index contributed by atoms with van der Waals surface area (Å²) in [6.45, 7) is 10.8. The van der Waals surface area contributed by atoms with E-state index in [9.17, 15) is 4.39 Å². The average Bonchev–Trinajstić information content (AvgIpc) is 3.55. The molecule has 0 amide bonds. The van der Waals surface area contributed by atoms with Gasteiger partial charge in [0, 0.05) is 43.5 Å². The molecule has 0 bridgehead atoms. The van der Waals surface area contributed by atoms with Gasteiger partial charge in [-0.1, -0.05) is 123 Å². The number of nitrogens with zero attached hydrogens (tertiary/aromatic N) is 3. The van der Waals surface area contributed by atoms with Gasteiger partial charge < -0.3 is 0 Å². The van der Waals surface area contributed by atoms with Gasteiger partial charge in [-0.05, 0) is 59.2 Å². The second-order valence-corrected chi connectivity index (χ2v) is 13.2. The van der Waals surface area contributed by atoms with Crippen molar-refractivity contribution < 1.29 is 4.39 Å². The van der Waals surface area contributed by atoms with Crippen LogP contribution >= 0.6 is 0 Å². The molecule has 2 aromatic heterocycles. The fourth-order valence-electron chi connectivity index (χ4n) is 7.74. The van der Waals surface area contributed by atoms with Crippen LogP contribution < -0.4 is 0 Å². The molecule has 0 saturated carbocycles. The number of fused-ring (bicyclic) bond motifs is 10. The van der Waals surface area contributed by atoms with E-state index in [4.69, 9.17) is 9.97 Å². The summed E-state index contributed by atoms with van der Waals surface area (Å²) in [7, 11) is 0. The molecule has 9 rings (SSSR count). The number of rotatable bonds is 4. The van der Waals surface area contributed by atoms with Crippen molar-refractivity contribution in [1.82, 2.24) is 14.5 Å². The van der Waals surface area contributed by atoms with E-state index >= 15 is 0 Å². The molecule has 0 aliphatic heterocycles. The molecule has 0 unspecified atom stereocenters. The normalized spacial score (nSPS) is 14.3. The summed E-state index contributed by atoms with van der Waals surface area (Å²) in [5.41, 5.74) is 9.40. The van der Waals surface area contributed by atoms with Crippen LogP contribution in [0.4, 0.5) is 4.39 Å². The maximum atomic E-state index is 14.2. The van der Waals surface area contributed by atoms with Crippen LogP contribution in [0.25, 0.3) is 77.0 Å². The highest BCUT2D eigenvalue weighted by Crippen LogP contribution is 2.51. The van der Waals surface area contributed by atoms with Crippen molar-refractivity contribution in [3.8, 4) is 17.2 Å². The van der Waals surface area contributed by atoms with Crippen molar-refractivity contribution in [2.45, 2.75) is 26.2 Å². The Bertz CT molecular complexity index is 2720. The van der Waals surface area contributed by atoms with Gasteiger partial charge in [-0.25, -0.2) is 14.4 Å². The van der Waals surface area contributed by atoms with Crippen molar-refractivity contribution in [1.29, 1.82) is 0 Å². The smallest absolute Gasteiger partial charge is 0.235 e. The molecule has 3 nitrogen and oxygen atoms in total. The van der Waals surface area contributed by atoms with Crippen LogP contribution in [0.2, 0.25) is 0 Å². The van der Waals surface area contributed by atoms with Crippen LogP contribution in [0.15, 0.2) is 140 Å². The molecule has 1 aliphatic carbocycles. The van der Waals surface area contributed by atoms with Crippen LogP contribution in [-0.4, -0.2) is 14.5 Å². The average molecular weight is 622 g/mol. The molecular formula is C44H32FN3. The third-order valence-corrected chi connectivity index (χ3v) is 10.4. The van der Waals surface area contributed by atoms with Crippen molar-refractivity contribution >= 4 is 59.8 Å². The van der Waals surface area contributed by atoms with Crippen molar-refractivity contribution in [3.05, 3.63) is 157 Å². The number of hydrogen-bond acceptors (Lipinski definition) is 2. The molecule has 0 spiro atoms. The first-order valence-corrected chi connectivity index (χ1v) is 16.3. The topological polar surface area (TPSA) is 30.7 Å². The van der Waals surface area contributed by atoms with Gasteiger partial charge in [0.1, 0.15) is 5.82 Å². The van der Waals surface area contributed by atoms with Crippen molar-refractivity contribution in [3.63, 3.8) is 0 Å². The highest BCUT2D eigenvalue weighted by molar-refractivity contribution is 6.21. The monoisotopic (exact) mass is 621 g/mol. The van der Waals surface area contributed by atoms with Crippen LogP contribution in [0, 0.1) is 5.82 Å². The zero-order chi connectivity index (χ0) is 32.7. The zero-order valence-electron chi connectivity index (χ0n) is 27.1. The van der Waals surface area contributed by atoms with E-state index < -0.39 is 0 Å². The number of allylic oxidation sites excluding steroid dienone is 5. The molecule has 0 radical (unpaired) electrons. The quantitative estimate of drug-likeness (QED) is 0.145. The van der Waals surface area contributed by atoms with E-state index in [0.29, 0.717) is 5.95 Å². The molecule has 0 atom stereocenters. The lowest BCUT2D eigenvalue weighted by Gasteiger charge is -2.22. The number of halogens is 1. The molecule has 4 heteroatoms. The lowest BCUT2D eigenvalue weighted by atomic mass is 9.82. The summed E-state index contributed by atoms with van der Waals surface area (Å²) < 4.78 is 16.5. The Balaban J connectivity index is 1.53. The minimum Gasteiger partial charge on any atom is -0.277 e. The molecule has 0 saturated heterocycles. The van der Waals surface area contributed by atoms with Crippen LogP contribution in [0.5, 0.6) is 0 Å². The summed E-state index contributed by atoms with van der Waals surface area (Å²) in [5.74, 6) is 0.300. The van der Waals surface area contributed by atoms with E-state index in [0.717, 1.165) is 65.5 Å². The first kappa shape index (κ1) is 28.4. The summed E-state index contributed by atoms with van der Waals surface area (Å²) >= 11 is 0. The van der Waals surface area contributed by atoms with Gasteiger partial charge in [0.2, 0.25) is 5.95 Å². The highest BCUT2D eigenvalue weighted by Gasteiger charge is 2.37. The van der Waals surface area contributed by atoms with Gasteiger partial charge in [0.05, 0.1) is 22.2 Å². The van der Waals surface area contributed by atoms with E-state index in [1.165, 1.54) is 34.4 Å². The predicted molar refractivity (Wildman–Crippen MR) is 199 cm³/mol. The zero-order valence-corrected chi connectivity index (χ0v) is 27.1. The van der Waals surface area contributed by atoms with Gasteiger partial charge >= 0.3 is 0 Å². The fraction of sp³-hybridized carbons (Fsp3) is 0.0909. The molecule has 48 heavy (non-hydrogen) atoms. The first-order chi connectivity index (χ1) is 23.4. The SMILES string of the molecule is C=C/C=C\C1=C(C)C(C)(C)c2ccc3c4ccc5ccccc5c4n(-c4nc(-c5ccc(F)cc5)c5ccc6ccccc6c5n4)c3c21. The minimum absolute atomic E-state index is 0.173. The standard InChI is InChI=1S/C44H32FN3/c1-5-6-13-31-26(2)44(3,4)37-25-24-35-34-22-18-28-12-8-10-15-33(28)41(34)48(42(35)38(31)37)43-46-39(29-16-20-30(45)21-17-29)36-23-19-27-11-7-9-14-32(27)40(36)47-43/h5-25H,1H2,2-4H3/b13-6-. The van der Waals surface area contributed by atoms with E-state index in [-0.39, 0.29) is 11.2 Å². The van der Waals surface area contributed by atoms with Crippen LogP contribution in [0.3, 0.4) is 0 Å². The van der Waals surface area contributed by atoms with E-state index in [2.05, 4.69) is 117 Å². The Kier molecular flexibility index (Phi) is 6.10. The van der Waals surface area contributed by atoms with Crippen LogP contribution in [0.1, 0.15) is 31.9 Å². The summed E-state index contributed by atoms with van der Waals surface area (Å²) in [6, 6.07) is 36.7. The Morgan fingerprint density at radius 1 is 0.688 bits per heavy atom. The van der Waals surface area contributed by atoms with Gasteiger partial charge in [-0.3, -0.25) is 4.57 Å². The summed E-state index contributed by atoms with van der Waals surface area (Å²) in [6.07, 6.45) is 6.05.